The number of rotatable bonds is 5. The van der Waals surface area contributed by atoms with E-state index in [1.54, 1.807) is 24.7 Å². The molecule has 1 aromatic heterocycles. The Bertz CT molecular complexity index is 580. The summed E-state index contributed by atoms with van der Waals surface area (Å²) in [4.78, 5) is 16.0. The van der Waals surface area contributed by atoms with Gasteiger partial charge < -0.3 is 14.6 Å². The number of nitrogens with one attached hydrogen (secondary N) is 1. The Kier molecular flexibility index (Phi) is 4.34. The molecule has 106 valence electrons. The van der Waals surface area contributed by atoms with E-state index in [2.05, 4.69) is 10.3 Å². The minimum atomic E-state index is -0.687. The largest absolute Gasteiger partial charge is 0.467 e. The van der Waals surface area contributed by atoms with Crippen molar-refractivity contribution in [2.24, 2.45) is 0 Å². The van der Waals surface area contributed by atoms with Gasteiger partial charge >= 0.3 is 5.97 Å². The fourth-order valence-corrected chi connectivity index (χ4v) is 1.92. The van der Waals surface area contributed by atoms with Gasteiger partial charge in [-0.05, 0) is 31.2 Å². The van der Waals surface area contributed by atoms with Gasteiger partial charge in [0.2, 0.25) is 0 Å². The van der Waals surface area contributed by atoms with Gasteiger partial charge in [-0.3, -0.25) is 0 Å². The van der Waals surface area contributed by atoms with Crippen molar-refractivity contribution < 1.29 is 13.9 Å². The highest BCUT2D eigenvalue weighted by Crippen LogP contribution is 2.21. The van der Waals surface area contributed by atoms with Gasteiger partial charge in [-0.15, -0.1) is 0 Å². The quantitative estimate of drug-likeness (QED) is 0.852. The van der Waals surface area contributed by atoms with E-state index in [0.717, 1.165) is 0 Å². The normalized spacial score (nSPS) is 11.9. The summed E-state index contributed by atoms with van der Waals surface area (Å²) in [6.07, 6.45) is 3.26. The summed E-state index contributed by atoms with van der Waals surface area (Å²) in [7, 11) is 1.33. The van der Waals surface area contributed by atoms with Gasteiger partial charge in [0.25, 0.3) is 0 Å². The van der Waals surface area contributed by atoms with Crippen LogP contribution >= 0.6 is 0 Å². The molecule has 0 spiro atoms. The molecule has 0 bridgehead atoms. The van der Waals surface area contributed by atoms with E-state index in [9.17, 15) is 9.18 Å². The summed E-state index contributed by atoms with van der Waals surface area (Å²) in [6.45, 7) is 2.64. The van der Waals surface area contributed by atoms with Crippen molar-refractivity contribution in [1.29, 1.82) is 0 Å². The summed E-state index contributed by atoms with van der Waals surface area (Å²) < 4.78 is 19.6. The van der Waals surface area contributed by atoms with E-state index in [1.807, 2.05) is 11.5 Å². The topological polar surface area (TPSA) is 56.2 Å². The van der Waals surface area contributed by atoms with Gasteiger partial charge in [0.15, 0.2) is 6.04 Å². The first-order valence-electron chi connectivity index (χ1n) is 6.25. The maximum Gasteiger partial charge on any atom is 0.334 e. The molecule has 1 unspecified atom stereocenters. The molecule has 1 atom stereocenters. The number of aromatic nitrogens is 2. The van der Waals surface area contributed by atoms with Crippen molar-refractivity contribution in [2.75, 3.05) is 12.4 Å². The second-order valence-corrected chi connectivity index (χ2v) is 4.21. The zero-order valence-electron chi connectivity index (χ0n) is 11.3. The second kappa shape index (κ2) is 6.18. The van der Waals surface area contributed by atoms with Gasteiger partial charge in [-0.1, -0.05) is 0 Å². The zero-order chi connectivity index (χ0) is 14.5. The van der Waals surface area contributed by atoms with Crippen LogP contribution in [0.2, 0.25) is 0 Å². The number of ether oxygens (including phenoxy) is 1. The van der Waals surface area contributed by atoms with Crippen LogP contribution in [0.3, 0.4) is 0 Å². The van der Waals surface area contributed by atoms with Crippen LogP contribution in [0, 0.1) is 5.82 Å². The molecule has 0 saturated heterocycles. The number of anilines is 1. The molecule has 0 aliphatic carbocycles. The first-order valence-corrected chi connectivity index (χ1v) is 6.25. The van der Waals surface area contributed by atoms with Gasteiger partial charge in [-0.2, -0.15) is 0 Å². The number of imidazole rings is 1. The number of hydrogen-bond donors (Lipinski definition) is 1. The highest BCUT2D eigenvalue weighted by atomic mass is 19.1. The van der Waals surface area contributed by atoms with E-state index in [0.29, 0.717) is 17.9 Å². The molecule has 0 saturated carbocycles. The number of benzene rings is 1. The minimum Gasteiger partial charge on any atom is -0.467 e. The standard InChI is InChI=1S/C14H16FN3O2/c1-3-18-9-16-8-12(18)13(14(19)20-2)17-11-6-4-10(15)5-7-11/h4-9,13,17H,3H2,1-2H3. The Morgan fingerprint density at radius 1 is 1.45 bits per heavy atom. The number of esters is 1. The number of carbonyl (C=O) groups excluding carboxylic acids is 1. The maximum absolute atomic E-state index is 12.9. The number of hydrogen-bond acceptors (Lipinski definition) is 4. The smallest absolute Gasteiger partial charge is 0.334 e. The molecule has 2 rings (SSSR count). The monoisotopic (exact) mass is 277 g/mol. The number of methoxy groups -OCH3 is 1. The average Bonchev–Trinajstić information content (AvgIpc) is 2.94. The van der Waals surface area contributed by atoms with Crippen molar-refractivity contribution in [3.63, 3.8) is 0 Å². The van der Waals surface area contributed by atoms with Crippen LogP contribution in [0.4, 0.5) is 10.1 Å². The molecule has 1 heterocycles. The third kappa shape index (κ3) is 2.96. The Labute approximate surface area is 116 Å². The Morgan fingerprint density at radius 2 is 2.15 bits per heavy atom. The minimum absolute atomic E-state index is 0.330. The first-order chi connectivity index (χ1) is 9.65. The van der Waals surface area contributed by atoms with Gasteiger partial charge in [-0.25, -0.2) is 14.2 Å². The highest BCUT2D eigenvalue weighted by molar-refractivity contribution is 5.80. The predicted octanol–water partition coefficient (Wildman–Crippen LogP) is 2.37. The van der Waals surface area contributed by atoms with Crippen molar-refractivity contribution in [1.82, 2.24) is 9.55 Å². The Balaban J connectivity index is 2.29. The molecule has 0 aliphatic heterocycles. The second-order valence-electron chi connectivity index (χ2n) is 4.21. The number of nitrogens with zero attached hydrogens (tertiary/aromatic N) is 2. The number of halogens is 1. The zero-order valence-corrected chi connectivity index (χ0v) is 11.3. The molecular formula is C14H16FN3O2. The van der Waals surface area contributed by atoms with Gasteiger partial charge in [0.05, 0.1) is 25.3 Å². The average molecular weight is 277 g/mol. The fraction of sp³-hybridized carbons (Fsp3) is 0.286. The van der Waals surface area contributed by atoms with E-state index >= 15 is 0 Å². The van der Waals surface area contributed by atoms with E-state index < -0.39 is 12.0 Å². The molecule has 0 amide bonds. The maximum atomic E-state index is 12.9. The SMILES string of the molecule is CCn1cncc1C(Nc1ccc(F)cc1)C(=O)OC. The third-order valence-corrected chi connectivity index (χ3v) is 2.97. The van der Waals surface area contributed by atoms with E-state index in [-0.39, 0.29) is 5.82 Å². The van der Waals surface area contributed by atoms with Crippen LogP contribution in [-0.2, 0) is 16.1 Å². The molecule has 1 aromatic carbocycles. The number of aryl methyl sites for hydroxylation is 1. The Hall–Kier alpha value is -2.37. The Morgan fingerprint density at radius 3 is 2.75 bits per heavy atom. The van der Waals surface area contributed by atoms with Crippen LogP contribution in [0.25, 0.3) is 0 Å². The molecular weight excluding hydrogens is 261 g/mol. The molecule has 0 aliphatic rings. The summed E-state index contributed by atoms with van der Waals surface area (Å²) in [5.74, 6) is -0.756. The van der Waals surface area contributed by atoms with Crippen LogP contribution in [0.1, 0.15) is 18.7 Å². The fourth-order valence-electron chi connectivity index (χ4n) is 1.92. The lowest BCUT2D eigenvalue weighted by molar-refractivity contribution is -0.141. The van der Waals surface area contributed by atoms with Crippen LogP contribution in [0.5, 0.6) is 0 Å². The predicted molar refractivity (Wildman–Crippen MR) is 72.7 cm³/mol. The molecule has 5 nitrogen and oxygen atoms in total. The van der Waals surface area contributed by atoms with Gasteiger partial charge in [0.1, 0.15) is 5.82 Å². The van der Waals surface area contributed by atoms with Crippen LogP contribution < -0.4 is 5.32 Å². The molecule has 1 N–H and O–H groups in total. The highest BCUT2D eigenvalue weighted by Gasteiger charge is 2.24. The molecule has 20 heavy (non-hydrogen) atoms. The molecule has 2 aromatic rings. The first kappa shape index (κ1) is 14.0. The van der Waals surface area contributed by atoms with Crippen LogP contribution in [0.15, 0.2) is 36.8 Å². The summed E-state index contributed by atoms with van der Waals surface area (Å²) in [6, 6.07) is 5.10. The lowest BCUT2D eigenvalue weighted by Crippen LogP contribution is -2.24. The summed E-state index contributed by atoms with van der Waals surface area (Å²) >= 11 is 0. The molecule has 0 radical (unpaired) electrons. The lowest BCUT2D eigenvalue weighted by Gasteiger charge is -2.18. The number of carbonyl (C=O) groups is 1. The van der Waals surface area contributed by atoms with Crippen LogP contribution in [-0.4, -0.2) is 22.6 Å². The van der Waals surface area contributed by atoms with Crippen molar-refractivity contribution >= 4 is 11.7 Å². The van der Waals surface area contributed by atoms with Crippen molar-refractivity contribution in [3.05, 3.63) is 48.3 Å². The molecule has 6 heteroatoms. The molecule has 0 fully saturated rings. The van der Waals surface area contributed by atoms with E-state index in [1.165, 1.54) is 19.2 Å². The van der Waals surface area contributed by atoms with E-state index in [4.69, 9.17) is 4.74 Å². The van der Waals surface area contributed by atoms with Gasteiger partial charge in [0, 0.05) is 12.2 Å². The third-order valence-electron chi connectivity index (χ3n) is 2.97. The lowest BCUT2D eigenvalue weighted by atomic mass is 10.2. The summed E-state index contributed by atoms with van der Waals surface area (Å²) in [5.41, 5.74) is 1.33. The summed E-state index contributed by atoms with van der Waals surface area (Å²) in [5, 5.41) is 3.03. The van der Waals surface area contributed by atoms with Crippen molar-refractivity contribution in [3.8, 4) is 0 Å². The van der Waals surface area contributed by atoms with Crippen molar-refractivity contribution in [2.45, 2.75) is 19.5 Å².